The van der Waals surface area contributed by atoms with Crippen molar-refractivity contribution in [2.75, 3.05) is 25.6 Å². The summed E-state index contributed by atoms with van der Waals surface area (Å²) >= 11 is 0. The zero-order valence-electron chi connectivity index (χ0n) is 27.8. The van der Waals surface area contributed by atoms with Crippen molar-refractivity contribution in [2.24, 2.45) is 0 Å². The number of fused-ring (bicyclic) bond motifs is 1. The summed E-state index contributed by atoms with van der Waals surface area (Å²) < 4.78 is 5.95. The monoisotopic (exact) mass is 608 g/mol. The molecule has 0 saturated carbocycles. The summed E-state index contributed by atoms with van der Waals surface area (Å²) in [5, 5.41) is 21.4. The maximum absolute atomic E-state index is 12.0. The molecule has 2 N–H and O–H groups in total. The van der Waals surface area contributed by atoms with Gasteiger partial charge in [-0.3, -0.25) is 9.78 Å². The molecule has 1 aliphatic rings. The molecular weight excluding hydrogens is 564 g/mol. The summed E-state index contributed by atoms with van der Waals surface area (Å²) in [6.07, 6.45) is 6.28. The maximum atomic E-state index is 12.0. The average molecular weight is 609 g/mol. The van der Waals surface area contributed by atoms with Gasteiger partial charge in [0.25, 0.3) is 0 Å². The van der Waals surface area contributed by atoms with E-state index in [1.54, 1.807) is 20.8 Å². The van der Waals surface area contributed by atoms with Gasteiger partial charge in [-0.2, -0.15) is 0 Å². The summed E-state index contributed by atoms with van der Waals surface area (Å²) in [5.74, 6) is 0.622. The quantitative estimate of drug-likeness (QED) is 0.210. The van der Waals surface area contributed by atoms with Crippen LogP contribution < -0.4 is 9.64 Å². The number of aliphatic carboxylic acids is 1. The molecule has 1 aliphatic heterocycles. The number of anilines is 1. The minimum Gasteiger partial charge on any atom is -0.493 e. The van der Waals surface area contributed by atoms with Gasteiger partial charge in [0.15, 0.2) is 0 Å². The zero-order valence-corrected chi connectivity index (χ0v) is 27.8. The number of benzene rings is 3. The van der Waals surface area contributed by atoms with Gasteiger partial charge in [0, 0.05) is 55.6 Å². The van der Waals surface area contributed by atoms with Crippen LogP contribution in [0, 0.1) is 13.8 Å². The molecule has 0 spiro atoms. The van der Waals surface area contributed by atoms with Gasteiger partial charge >= 0.3 is 5.97 Å². The van der Waals surface area contributed by atoms with Crippen molar-refractivity contribution in [1.82, 2.24) is 15.0 Å². The van der Waals surface area contributed by atoms with Crippen molar-refractivity contribution in [3.63, 3.8) is 0 Å². The summed E-state index contributed by atoms with van der Waals surface area (Å²) in [7, 11) is 3.83. The standard InChI is InChI=1S/C31H28N4O3.C4H10O.C2H6/c1-17-13-25-18(2)21(20-15-33-31(34-16-20)35(3)4)5-6-22(25)29(24(17)14-27(36)37)23-7-8-26-28-19(10-12-38-26)9-11-32-30(23)28;1-4(2,3)5;1-2/h5-9,11,13,15-16H,10,12,14H2,1-4H3,(H,36,37);5H,1-3H3;1-2H3. The molecule has 0 amide bonds. The Kier molecular flexibility index (Phi) is 10.1. The largest absolute Gasteiger partial charge is 0.493 e. The van der Waals surface area contributed by atoms with E-state index in [2.05, 4.69) is 35.1 Å². The lowest BCUT2D eigenvalue weighted by Gasteiger charge is -2.22. The van der Waals surface area contributed by atoms with Crippen LogP contribution in [0.25, 0.3) is 43.9 Å². The molecule has 0 fully saturated rings. The Balaban J connectivity index is 0.000000602. The molecule has 8 nitrogen and oxygen atoms in total. The lowest BCUT2D eigenvalue weighted by Crippen LogP contribution is -2.12. The van der Waals surface area contributed by atoms with Crippen LogP contribution in [0.15, 0.2) is 55.0 Å². The van der Waals surface area contributed by atoms with E-state index in [1.165, 1.54) is 5.56 Å². The van der Waals surface area contributed by atoms with Crippen molar-refractivity contribution >= 4 is 33.6 Å². The van der Waals surface area contributed by atoms with Gasteiger partial charge < -0.3 is 19.8 Å². The molecule has 0 bridgehead atoms. The maximum Gasteiger partial charge on any atom is 0.307 e. The van der Waals surface area contributed by atoms with Crippen LogP contribution in [0.2, 0.25) is 0 Å². The highest BCUT2D eigenvalue weighted by molar-refractivity contribution is 6.10. The van der Waals surface area contributed by atoms with E-state index in [-0.39, 0.29) is 6.42 Å². The van der Waals surface area contributed by atoms with Crippen LogP contribution in [0.1, 0.15) is 56.9 Å². The minimum atomic E-state index is -0.862. The van der Waals surface area contributed by atoms with Crippen molar-refractivity contribution in [1.29, 1.82) is 0 Å². The molecule has 0 aliphatic carbocycles. The first-order chi connectivity index (χ1) is 21.3. The van der Waals surface area contributed by atoms with Gasteiger partial charge in [-0.05, 0) is 97.0 Å². The molecule has 5 aromatic rings. The van der Waals surface area contributed by atoms with Crippen molar-refractivity contribution < 1.29 is 19.7 Å². The van der Waals surface area contributed by atoms with Crippen LogP contribution in [-0.2, 0) is 17.6 Å². The van der Waals surface area contributed by atoms with Crippen LogP contribution >= 0.6 is 0 Å². The molecule has 2 aromatic heterocycles. The summed E-state index contributed by atoms with van der Waals surface area (Å²) in [5.41, 5.74) is 8.19. The van der Waals surface area contributed by atoms with Gasteiger partial charge in [-0.25, -0.2) is 9.97 Å². The van der Waals surface area contributed by atoms with Crippen LogP contribution in [0.5, 0.6) is 5.75 Å². The highest BCUT2D eigenvalue weighted by Gasteiger charge is 2.23. The van der Waals surface area contributed by atoms with E-state index in [1.807, 2.05) is 76.6 Å². The second kappa shape index (κ2) is 13.6. The Morgan fingerprint density at radius 2 is 1.60 bits per heavy atom. The van der Waals surface area contributed by atoms with Gasteiger partial charge in [0.1, 0.15) is 5.75 Å². The minimum absolute atomic E-state index is 0.0722. The molecule has 45 heavy (non-hydrogen) atoms. The predicted octanol–water partition coefficient (Wildman–Crippen LogP) is 7.56. The Bertz CT molecular complexity index is 1820. The molecule has 6 rings (SSSR count). The van der Waals surface area contributed by atoms with Crippen molar-refractivity contribution in [3.8, 4) is 28.0 Å². The van der Waals surface area contributed by atoms with E-state index < -0.39 is 11.6 Å². The molecular formula is C37H44N4O4. The highest BCUT2D eigenvalue weighted by Crippen LogP contribution is 2.44. The SMILES string of the molecule is CC.CC(C)(C)O.Cc1cc2c(C)c(-c3cnc(N(C)C)nc3)ccc2c(-c2ccc3c4c(ccnc24)CCO3)c1CC(=O)O. The Hall–Kier alpha value is -4.56. The lowest BCUT2D eigenvalue weighted by molar-refractivity contribution is -0.136. The van der Waals surface area contributed by atoms with Crippen molar-refractivity contribution in [3.05, 3.63) is 77.2 Å². The summed E-state index contributed by atoms with van der Waals surface area (Å²) in [6, 6.07) is 12.3. The molecule has 0 atom stereocenters. The number of aromatic nitrogens is 3. The Labute approximate surface area is 265 Å². The number of hydrogen-bond donors (Lipinski definition) is 2. The van der Waals surface area contributed by atoms with Gasteiger partial charge in [0.2, 0.25) is 5.95 Å². The van der Waals surface area contributed by atoms with E-state index in [0.29, 0.717) is 12.6 Å². The van der Waals surface area contributed by atoms with Gasteiger partial charge in [-0.1, -0.05) is 32.0 Å². The number of pyridine rings is 1. The van der Waals surface area contributed by atoms with E-state index in [0.717, 1.165) is 72.8 Å². The number of carboxylic acid groups (broad SMARTS) is 1. The number of carboxylic acids is 1. The summed E-state index contributed by atoms with van der Waals surface area (Å²) in [4.78, 5) is 27.6. The predicted molar refractivity (Wildman–Crippen MR) is 183 cm³/mol. The molecule has 0 unspecified atom stereocenters. The summed E-state index contributed by atoms with van der Waals surface area (Å²) in [6.45, 7) is 14.0. The number of rotatable bonds is 5. The second-order valence-corrected chi connectivity index (χ2v) is 12.2. The molecule has 3 aromatic carbocycles. The third-order valence-corrected chi connectivity index (χ3v) is 7.44. The van der Waals surface area contributed by atoms with Gasteiger partial charge in [0.05, 0.1) is 24.1 Å². The van der Waals surface area contributed by atoms with E-state index >= 15 is 0 Å². The average Bonchev–Trinajstić information content (AvgIpc) is 2.99. The smallest absolute Gasteiger partial charge is 0.307 e. The third-order valence-electron chi connectivity index (χ3n) is 7.44. The first kappa shape index (κ1) is 33.3. The van der Waals surface area contributed by atoms with Gasteiger partial charge in [-0.15, -0.1) is 0 Å². The molecule has 0 radical (unpaired) electrons. The highest BCUT2D eigenvalue weighted by atomic mass is 16.5. The fourth-order valence-electron chi connectivity index (χ4n) is 5.59. The fraction of sp³-hybridized carbons (Fsp3) is 0.351. The zero-order chi connectivity index (χ0) is 33.1. The first-order valence-corrected chi connectivity index (χ1v) is 15.4. The normalized spacial score (nSPS) is 12.0. The molecule has 3 heterocycles. The number of hydrogen-bond acceptors (Lipinski definition) is 7. The first-order valence-electron chi connectivity index (χ1n) is 15.4. The molecule has 0 saturated heterocycles. The second-order valence-electron chi connectivity index (χ2n) is 12.2. The topological polar surface area (TPSA) is 109 Å². The van der Waals surface area contributed by atoms with Crippen LogP contribution in [-0.4, -0.2) is 57.4 Å². The van der Waals surface area contributed by atoms with E-state index in [4.69, 9.17) is 14.8 Å². The fourth-order valence-corrected chi connectivity index (χ4v) is 5.59. The molecule has 236 valence electrons. The number of aryl methyl sites for hydroxylation is 2. The number of nitrogens with zero attached hydrogens (tertiary/aromatic N) is 4. The van der Waals surface area contributed by atoms with Crippen LogP contribution in [0.3, 0.4) is 0 Å². The number of ether oxygens (including phenoxy) is 1. The Morgan fingerprint density at radius 1 is 0.956 bits per heavy atom. The molecule has 8 heteroatoms. The number of aliphatic hydroxyl groups is 1. The lowest BCUT2D eigenvalue weighted by atomic mass is 9.84. The Morgan fingerprint density at radius 3 is 2.22 bits per heavy atom. The third kappa shape index (κ3) is 7.23. The van der Waals surface area contributed by atoms with Crippen molar-refractivity contribution in [2.45, 2.75) is 66.9 Å². The van der Waals surface area contributed by atoms with Crippen LogP contribution in [0.4, 0.5) is 5.95 Å². The van der Waals surface area contributed by atoms with E-state index in [9.17, 15) is 9.90 Å². The number of carbonyl (C=O) groups is 1.